The molecular weight excluding hydrogens is 254 g/mol. The van der Waals surface area contributed by atoms with E-state index in [9.17, 15) is 4.79 Å². The van der Waals surface area contributed by atoms with Gasteiger partial charge >= 0.3 is 0 Å². The molecule has 2 aromatic rings. The molecule has 0 spiro atoms. The van der Waals surface area contributed by atoms with Gasteiger partial charge in [-0.05, 0) is 31.4 Å². The molecule has 0 saturated carbocycles. The van der Waals surface area contributed by atoms with E-state index in [0.29, 0.717) is 11.4 Å². The van der Waals surface area contributed by atoms with Gasteiger partial charge in [-0.25, -0.2) is 4.98 Å². The van der Waals surface area contributed by atoms with Gasteiger partial charge in [0.1, 0.15) is 5.75 Å². The van der Waals surface area contributed by atoms with E-state index in [0.717, 1.165) is 36.7 Å². The second-order valence-electron chi connectivity index (χ2n) is 5.55. The number of ether oxygens (including phenoxy) is 1. The zero-order valence-corrected chi connectivity index (χ0v) is 11.5. The summed E-state index contributed by atoms with van der Waals surface area (Å²) in [6.45, 7) is 1.79. The molecule has 5 heteroatoms. The molecule has 0 bridgehead atoms. The quantitative estimate of drug-likeness (QED) is 0.793. The molecule has 1 aromatic heterocycles. The van der Waals surface area contributed by atoms with E-state index >= 15 is 0 Å². The molecular formula is C15H17N3O2. The number of fused-ring (bicyclic) bond motifs is 4. The molecule has 1 aromatic carbocycles. The first-order valence-corrected chi connectivity index (χ1v) is 7.13. The number of hydrogen-bond acceptors (Lipinski definition) is 4. The molecule has 0 amide bonds. The predicted octanol–water partition coefficient (Wildman–Crippen LogP) is 1.78. The van der Waals surface area contributed by atoms with Gasteiger partial charge in [0.15, 0.2) is 0 Å². The predicted molar refractivity (Wildman–Crippen MR) is 77.5 cm³/mol. The van der Waals surface area contributed by atoms with Gasteiger partial charge in [0, 0.05) is 25.2 Å². The van der Waals surface area contributed by atoms with Crippen molar-refractivity contribution < 1.29 is 4.74 Å². The van der Waals surface area contributed by atoms with E-state index in [1.807, 2.05) is 22.8 Å². The minimum atomic E-state index is 0.0713. The van der Waals surface area contributed by atoms with Crippen LogP contribution < -0.4 is 15.2 Å². The molecule has 0 N–H and O–H groups in total. The van der Waals surface area contributed by atoms with Gasteiger partial charge in [0.05, 0.1) is 18.0 Å². The molecule has 1 atom stereocenters. The standard InChI is InChI=1S/C15H17N3O2/c1-20-11-5-6-12-13(8-11)16-15-17-7-3-2-4-10(17)9-18(15)14(12)19/h5-6,8,10H,2-4,7,9H2,1H3. The average Bonchev–Trinajstić information content (AvgIpc) is 2.86. The Morgan fingerprint density at radius 1 is 1.35 bits per heavy atom. The zero-order valence-electron chi connectivity index (χ0n) is 11.5. The number of methoxy groups -OCH3 is 1. The smallest absolute Gasteiger partial charge is 0.262 e. The SMILES string of the molecule is COc1ccc2c(=O)n3c(nc2c1)N1CCCCC1C3. The van der Waals surface area contributed by atoms with E-state index in [1.165, 1.54) is 12.8 Å². The first-order chi connectivity index (χ1) is 9.78. The van der Waals surface area contributed by atoms with Crippen molar-refractivity contribution in [3.05, 3.63) is 28.6 Å². The number of benzene rings is 1. The molecule has 3 heterocycles. The Bertz CT molecular complexity index is 738. The fourth-order valence-electron chi connectivity index (χ4n) is 3.36. The molecule has 0 aliphatic carbocycles. The third-order valence-corrected chi connectivity index (χ3v) is 4.42. The summed E-state index contributed by atoms with van der Waals surface area (Å²) in [5.41, 5.74) is 0.800. The maximum atomic E-state index is 12.6. The summed E-state index contributed by atoms with van der Waals surface area (Å²) in [4.78, 5) is 19.6. The van der Waals surface area contributed by atoms with Crippen LogP contribution in [0.5, 0.6) is 5.75 Å². The van der Waals surface area contributed by atoms with Crippen LogP contribution in [0.4, 0.5) is 5.95 Å². The summed E-state index contributed by atoms with van der Waals surface area (Å²) < 4.78 is 7.06. The fourth-order valence-corrected chi connectivity index (χ4v) is 3.36. The molecule has 0 radical (unpaired) electrons. The van der Waals surface area contributed by atoms with Gasteiger partial charge in [-0.2, -0.15) is 0 Å². The highest BCUT2D eigenvalue weighted by molar-refractivity contribution is 5.80. The lowest BCUT2D eigenvalue weighted by molar-refractivity contribution is 0.415. The van der Waals surface area contributed by atoms with Gasteiger partial charge < -0.3 is 9.64 Å². The Morgan fingerprint density at radius 3 is 3.10 bits per heavy atom. The molecule has 2 aliphatic heterocycles. The highest BCUT2D eigenvalue weighted by atomic mass is 16.5. The summed E-state index contributed by atoms with van der Waals surface area (Å²) >= 11 is 0. The Morgan fingerprint density at radius 2 is 2.25 bits per heavy atom. The third-order valence-electron chi connectivity index (χ3n) is 4.42. The first-order valence-electron chi connectivity index (χ1n) is 7.13. The molecule has 4 rings (SSSR count). The summed E-state index contributed by atoms with van der Waals surface area (Å²) in [5, 5.41) is 0.675. The minimum absolute atomic E-state index is 0.0713. The first kappa shape index (κ1) is 11.8. The Kier molecular flexibility index (Phi) is 2.49. The van der Waals surface area contributed by atoms with Crippen molar-refractivity contribution in [3.63, 3.8) is 0 Å². The molecule has 2 aliphatic rings. The van der Waals surface area contributed by atoms with E-state index in [1.54, 1.807) is 7.11 Å². The number of nitrogens with zero attached hydrogens (tertiary/aromatic N) is 3. The van der Waals surface area contributed by atoms with Crippen molar-refractivity contribution in [2.24, 2.45) is 0 Å². The molecule has 1 fully saturated rings. The van der Waals surface area contributed by atoms with Crippen LogP contribution in [0.15, 0.2) is 23.0 Å². The Balaban J connectivity index is 1.94. The topological polar surface area (TPSA) is 47.4 Å². The fraction of sp³-hybridized carbons (Fsp3) is 0.467. The van der Waals surface area contributed by atoms with Crippen molar-refractivity contribution in [2.45, 2.75) is 31.8 Å². The van der Waals surface area contributed by atoms with Gasteiger partial charge in [-0.3, -0.25) is 9.36 Å². The van der Waals surface area contributed by atoms with Crippen molar-refractivity contribution in [2.75, 3.05) is 18.6 Å². The number of anilines is 1. The van der Waals surface area contributed by atoms with Gasteiger partial charge in [-0.15, -0.1) is 0 Å². The van der Waals surface area contributed by atoms with Crippen molar-refractivity contribution in [1.82, 2.24) is 9.55 Å². The van der Waals surface area contributed by atoms with Crippen LogP contribution in [0.3, 0.4) is 0 Å². The zero-order chi connectivity index (χ0) is 13.7. The highest BCUT2D eigenvalue weighted by Gasteiger charge is 2.33. The summed E-state index contributed by atoms with van der Waals surface area (Å²) in [7, 11) is 1.63. The van der Waals surface area contributed by atoms with E-state index in [-0.39, 0.29) is 5.56 Å². The van der Waals surface area contributed by atoms with E-state index < -0.39 is 0 Å². The molecule has 5 nitrogen and oxygen atoms in total. The van der Waals surface area contributed by atoms with Crippen LogP contribution in [-0.2, 0) is 6.54 Å². The van der Waals surface area contributed by atoms with E-state index in [4.69, 9.17) is 9.72 Å². The average molecular weight is 271 g/mol. The maximum Gasteiger partial charge on any atom is 0.262 e. The maximum absolute atomic E-state index is 12.6. The Labute approximate surface area is 116 Å². The van der Waals surface area contributed by atoms with Crippen molar-refractivity contribution >= 4 is 16.9 Å². The van der Waals surface area contributed by atoms with Crippen molar-refractivity contribution in [1.29, 1.82) is 0 Å². The lowest BCUT2D eigenvalue weighted by Crippen LogP contribution is -2.36. The summed E-state index contributed by atoms with van der Waals surface area (Å²) in [6.07, 6.45) is 3.59. The largest absolute Gasteiger partial charge is 0.497 e. The number of hydrogen-bond donors (Lipinski definition) is 0. The van der Waals surface area contributed by atoms with Crippen LogP contribution in [0.1, 0.15) is 19.3 Å². The van der Waals surface area contributed by atoms with Crippen LogP contribution >= 0.6 is 0 Å². The highest BCUT2D eigenvalue weighted by Crippen LogP contribution is 2.31. The number of aromatic nitrogens is 2. The Hall–Kier alpha value is -2.04. The third kappa shape index (κ3) is 1.55. The normalized spacial score (nSPS) is 20.9. The molecule has 1 saturated heterocycles. The molecule has 20 heavy (non-hydrogen) atoms. The molecule has 1 unspecified atom stereocenters. The van der Waals surface area contributed by atoms with Crippen LogP contribution in [0, 0.1) is 0 Å². The van der Waals surface area contributed by atoms with Gasteiger partial charge in [0.25, 0.3) is 5.56 Å². The molecule has 104 valence electrons. The summed E-state index contributed by atoms with van der Waals surface area (Å²) in [5.74, 6) is 1.57. The van der Waals surface area contributed by atoms with Crippen LogP contribution in [-0.4, -0.2) is 29.2 Å². The van der Waals surface area contributed by atoms with Crippen LogP contribution in [0.25, 0.3) is 10.9 Å². The second-order valence-corrected chi connectivity index (χ2v) is 5.55. The van der Waals surface area contributed by atoms with Gasteiger partial charge in [0.2, 0.25) is 5.95 Å². The second kappa shape index (κ2) is 4.23. The number of piperidine rings is 1. The monoisotopic (exact) mass is 271 g/mol. The minimum Gasteiger partial charge on any atom is -0.497 e. The summed E-state index contributed by atoms with van der Waals surface area (Å²) in [6, 6.07) is 5.92. The van der Waals surface area contributed by atoms with E-state index in [2.05, 4.69) is 4.90 Å². The van der Waals surface area contributed by atoms with Crippen molar-refractivity contribution in [3.8, 4) is 5.75 Å². The van der Waals surface area contributed by atoms with Crippen LogP contribution in [0.2, 0.25) is 0 Å². The van der Waals surface area contributed by atoms with Gasteiger partial charge in [-0.1, -0.05) is 0 Å². The lowest BCUT2D eigenvalue weighted by Gasteiger charge is -2.29. The lowest BCUT2D eigenvalue weighted by atomic mass is 10.0. The number of rotatable bonds is 1.